The van der Waals surface area contributed by atoms with Crippen LogP contribution in [0.5, 0.6) is 0 Å². The molecule has 1 amide bonds. The van der Waals surface area contributed by atoms with E-state index >= 15 is 0 Å². The molecule has 1 aromatic carbocycles. The quantitative estimate of drug-likeness (QED) is 0.805. The Morgan fingerprint density at radius 2 is 2.05 bits per heavy atom. The normalized spacial score (nSPS) is 10.5. The Morgan fingerprint density at radius 1 is 1.19 bits per heavy atom. The highest BCUT2D eigenvalue weighted by Crippen LogP contribution is 2.29. The van der Waals surface area contributed by atoms with Gasteiger partial charge in [-0.3, -0.25) is 14.8 Å². The van der Waals surface area contributed by atoms with Crippen LogP contribution >= 0.6 is 11.3 Å². The highest BCUT2D eigenvalue weighted by Gasteiger charge is 2.09. The monoisotopic (exact) mass is 296 g/mol. The summed E-state index contributed by atoms with van der Waals surface area (Å²) < 4.78 is 0. The van der Waals surface area contributed by atoms with Gasteiger partial charge in [-0.2, -0.15) is 0 Å². The fourth-order valence-electron chi connectivity index (χ4n) is 2.00. The molecule has 0 radical (unpaired) electrons. The van der Waals surface area contributed by atoms with Crippen LogP contribution in [0.15, 0.2) is 42.3 Å². The minimum absolute atomic E-state index is 0.162. The largest absolute Gasteiger partial charge is 0.364 e. The molecule has 6 heteroatoms. The third-order valence-corrected chi connectivity index (χ3v) is 3.96. The summed E-state index contributed by atoms with van der Waals surface area (Å²) in [5.41, 5.74) is 11.0. The van der Waals surface area contributed by atoms with Crippen molar-refractivity contribution in [2.45, 2.75) is 6.92 Å². The number of benzene rings is 1. The highest BCUT2D eigenvalue weighted by molar-refractivity contribution is 7.13. The maximum absolute atomic E-state index is 11.0. The third kappa shape index (κ3) is 2.66. The zero-order valence-electron chi connectivity index (χ0n) is 11.3. The summed E-state index contributed by atoms with van der Waals surface area (Å²) in [5, 5.41) is 0. The molecule has 0 aliphatic heterocycles. The average Bonchev–Trinajstić information content (AvgIpc) is 3.02. The second kappa shape index (κ2) is 5.41. The lowest BCUT2D eigenvalue weighted by molar-refractivity contribution is 0.0995. The van der Waals surface area contributed by atoms with Gasteiger partial charge in [0, 0.05) is 11.8 Å². The van der Waals surface area contributed by atoms with Crippen LogP contribution in [0, 0.1) is 6.92 Å². The first-order valence-electron chi connectivity index (χ1n) is 6.27. The van der Waals surface area contributed by atoms with E-state index in [4.69, 9.17) is 5.73 Å². The number of hydrogen-bond acceptors (Lipinski definition) is 5. The van der Waals surface area contributed by atoms with Gasteiger partial charge in [0.25, 0.3) is 5.91 Å². The fraction of sp³-hybridized carbons (Fsp3) is 0.0667. The summed E-state index contributed by atoms with van der Waals surface area (Å²) in [6.07, 6.45) is 4.80. The Morgan fingerprint density at radius 3 is 2.67 bits per heavy atom. The van der Waals surface area contributed by atoms with Gasteiger partial charge in [-0.1, -0.05) is 12.1 Å². The highest BCUT2D eigenvalue weighted by atomic mass is 32.1. The molecule has 104 valence electrons. The predicted molar refractivity (Wildman–Crippen MR) is 81.8 cm³/mol. The summed E-state index contributed by atoms with van der Waals surface area (Å²) in [6.45, 7) is 2.01. The Labute approximate surface area is 125 Å². The van der Waals surface area contributed by atoms with Crippen molar-refractivity contribution in [1.82, 2.24) is 15.0 Å². The molecule has 3 aromatic rings. The minimum atomic E-state index is -0.579. The zero-order chi connectivity index (χ0) is 14.8. The van der Waals surface area contributed by atoms with Crippen molar-refractivity contribution in [2.75, 3.05) is 0 Å². The number of carbonyl (C=O) groups excluding carboxylic acids is 1. The molecule has 21 heavy (non-hydrogen) atoms. The van der Waals surface area contributed by atoms with E-state index in [9.17, 15) is 4.79 Å². The standard InChI is InChI=1S/C15H12N4OS/c1-9-2-3-10(14-7-17-8-21-14)4-11(9)12-5-19-13(6-18-12)15(16)20/h2-8H,1H3,(H2,16,20). The Kier molecular flexibility index (Phi) is 3.45. The van der Waals surface area contributed by atoms with Crippen LogP contribution in [0.3, 0.4) is 0 Å². The summed E-state index contributed by atoms with van der Waals surface area (Å²) in [7, 11) is 0. The van der Waals surface area contributed by atoms with E-state index in [2.05, 4.69) is 27.1 Å². The van der Waals surface area contributed by atoms with E-state index in [-0.39, 0.29) is 5.69 Å². The van der Waals surface area contributed by atoms with Crippen LogP contribution < -0.4 is 5.73 Å². The van der Waals surface area contributed by atoms with Crippen LogP contribution in [0.4, 0.5) is 0 Å². The van der Waals surface area contributed by atoms with Gasteiger partial charge in [0.1, 0.15) is 5.69 Å². The SMILES string of the molecule is Cc1ccc(-c2cncs2)cc1-c1cnc(C(N)=O)cn1. The smallest absolute Gasteiger partial charge is 0.268 e. The molecular formula is C15H12N4OS. The number of carbonyl (C=O) groups is 1. The summed E-state index contributed by atoms with van der Waals surface area (Å²) in [5.74, 6) is -0.579. The topological polar surface area (TPSA) is 81.8 Å². The molecule has 5 nitrogen and oxygen atoms in total. The summed E-state index contributed by atoms with van der Waals surface area (Å²) >= 11 is 1.58. The molecule has 0 bridgehead atoms. The molecule has 0 unspecified atom stereocenters. The molecule has 0 aliphatic rings. The van der Waals surface area contributed by atoms with Crippen molar-refractivity contribution in [3.8, 4) is 21.7 Å². The summed E-state index contributed by atoms with van der Waals surface area (Å²) in [6, 6.07) is 6.14. The molecule has 0 spiro atoms. The number of nitrogens with zero attached hydrogens (tertiary/aromatic N) is 3. The maximum atomic E-state index is 11.0. The molecule has 2 N–H and O–H groups in total. The van der Waals surface area contributed by atoms with Crippen LogP contribution in [-0.2, 0) is 0 Å². The number of primary amides is 1. The van der Waals surface area contributed by atoms with Gasteiger partial charge in [-0.05, 0) is 24.1 Å². The summed E-state index contributed by atoms with van der Waals surface area (Å²) in [4.78, 5) is 24.5. The van der Waals surface area contributed by atoms with E-state index in [0.29, 0.717) is 5.69 Å². The Bertz CT molecular complexity index is 782. The van der Waals surface area contributed by atoms with Crippen molar-refractivity contribution < 1.29 is 4.79 Å². The number of aromatic nitrogens is 3. The lowest BCUT2D eigenvalue weighted by atomic mass is 10.0. The van der Waals surface area contributed by atoms with Crippen molar-refractivity contribution in [1.29, 1.82) is 0 Å². The van der Waals surface area contributed by atoms with E-state index in [0.717, 1.165) is 21.6 Å². The van der Waals surface area contributed by atoms with E-state index in [1.54, 1.807) is 23.0 Å². The Hall–Kier alpha value is -2.60. The van der Waals surface area contributed by atoms with Gasteiger partial charge in [-0.25, -0.2) is 4.98 Å². The first-order chi connectivity index (χ1) is 10.1. The number of amides is 1. The first-order valence-corrected chi connectivity index (χ1v) is 7.15. The van der Waals surface area contributed by atoms with Crippen molar-refractivity contribution in [3.05, 3.63) is 53.6 Å². The van der Waals surface area contributed by atoms with Crippen LogP contribution in [0.1, 0.15) is 16.1 Å². The van der Waals surface area contributed by atoms with Gasteiger partial charge in [0.15, 0.2) is 0 Å². The molecule has 0 aliphatic carbocycles. The van der Waals surface area contributed by atoms with Crippen molar-refractivity contribution in [2.24, 2.45) is 5.73 Å². The number of aryl methyl sites for hydroxylation is 1. The van der Waals surface area contributed by atoms with Crippen molar-refractivity contribution >= 4 is 17.2 Å². The average molecular weight is 296 g/mol. The van der Waals surface area contributed by atoms with E-state index in [1.807, 2.05) is 19.2 Å². The lowest BCUT2D eigenvalue weighted by Gasteiger charge is -2.07. The molecule has 0 saturated carbocycles. The van der Waals surface area contributed by atoms with Gasteiger partial charge >= 0.3 is 0 Å². The number of thiazole rings is 1. The predicted octanol–water partition coefficient (Wildman–Crippen LogP) is 2.67. The van der Waals surface area contributed by atoms with Gasteiger partial charge in [0.05, 0.1) is 28.5 Å². The van der Waals surface area contributed by atoms with Gasteiger partial charge < -0.3 is 5.73 Å². The Balaban J connectivity index is 2.05. The second-order valence-corrected chi connectivity index (χ2v) is 5.43. The third-order valence-electron chi connectivity index (χ3n) is 3.13. The molecule has 0 atom stereocenters. The number of nitrogens with two attached hydrogens (primary N) is 1. The second-order valence-electron chi connectivity index (χ2n) is 4.55. The number of rotatable bonds is 3. The first kappa shape index (κ1) is 13.4. The van der Waals surface area contributed by atoms with Crippen LogP contribution in [-0.4, -0.2) is 20.9 Å². The van der Waals surface area contributed by atoms with Gasteiger partial charge in [0.2, 0.25) is 0 Å². The molecule has 0 saturated heterocycles. The molecule has 2 heterocycles. The molecular weight excluding hydrogens is 284 g/mol. The van der Waals surface area contributed by atoms with E-state index in [1.165, 1.54) is 6.20 Å². The zero-order valence-corrected chi connectivity index (χ0v) is 12.1. The van der Waals surface area contributed by atoms with E-state index < -0.39 is 5.91 Å². The molecule has 0 fully saturated rings. The van der Waals surface area contributed by atoms with Crippen molar-refractivity contribution in [3.63, 3.8) is 0 Å². The lowest BCUT2D eigenvalue weighted by Crippen LogP contribution is -2.13. The van der Waals surface area contributed by atoms with Crippen LogP contribution in [0.2, 0.25) is 0 Å². The molecule has 3 rings (SSSR count). The molecule has 2 aromatic heterocycles. The van der Waals surface area contributed by atoms with Gasteiger partial charge in [-0.15, -0.1) is 11.3 Å². The van der Waals surface area contributed by atoms with Crippen LogP contribution in [0.25, 0.3) is 21.7 Å². The number of hydrogen-bond donors (Lipinski definition) is 1. The minimum Gasteiger partial charge on any atom is -0.364 e. The maximum Gasteiger partial charge on any atom is 0.268 e. The fourth-order valence-corrected chi connectivity index (χ4v) is 2.62.